The Labute approximate surface area is 80.5 Å². The number of halogens is 3. The van der Waals surface area contributed by atoms with Crippen LogP contribution in [-0.4, -0.2) is 23.8 Å². The number of rotatable bonds is 5. The van der Waals surface area contributed by atoms with E-state index in [1.54, 1.807) is 0 Å². The van der Waals surface area contributed by atoms with Crippen LogP contribution in [0.5, 0.6) is 0 Å². The van der Waals surface area contributed by atoms with Crippen molar-refractivity contribution >= 4 is 11.8 Å². The van der Waals surface area contributed by atoms with Gasteiger partial charge in [0.1, 0.15) is 0 Å². The Morgan fingerprint density at radius 1 is 1.54 bits per heavy atom. The largest absolute Gasteiger partial charge is 0.441 e. The van der Waals surface area contributed by atoms with Gasteiger partial charge in [0.05, 0.1) is 0 Å². The van der Waals surface area contributed by atoms with Crippen molar-refractivity contribution < 1.29 is 13.2 Å². The van der Waals surface area contributed by atoms with E-state index >= 15 is 0 Å². The van der Waals surface area contributed by atoms with Gasteiger partial charge in [-0.25, -0.2) is 0 Å². The molecule has 1 atom stereocenters. The fourth-order valence-electron chi connectivity index (χ4n) is 0.721. The zero-order valence-corrected chi connectivity index (χ0v) is 8.13. The fraction of sp³-hybridized carbons (Fsp3) is 0.750. The van der Waals surface area contributed by atoms with Crippen LogP contribution in [0.15, 0.2) is 0 Å². The maximum atomic E-state index is 11.6. The Kier molecular flexibility index (Phi) is 6.00. The highest BCUT2D eigenvalue weighted by Crippen LogP contribution is 2.29. The average molecular weight is 211 g/mol. The van der Waals surface area contributed by atoms with E-state index in [0.29, 0.717) is 13.0 Å². The predicted octanol–water partition coefficient (Wildman–Crippen LogP) is 2.24. The van der Waals surface area contributed by atoms with Gasteiger partial charge in [-0.05, 0) is 18.7 Å². The minimum atomic E-state index is -4.13. The molecule has 0 fully saturated rings. The van der Waals surface area contributed by atoms with Crippen LogP contribution < -0.4 is 5.32 Å². The summed E-state index contributed by atoms with van der Waals surface area (Å²) in [6.07, 6.45) is 5.57. The SMILES string of the molecule is C#CCC(C)NCCSC(F)(F)F. The maximum Gasteiger partial charge on any atom is 0.441 e. The molecule has 0 radical (unpaired) electrons. The Balaban J connectivity index is 3.32. The molecule has 0 aliphatic carbocycles. The first-order chi connectivity index (χ1) is 5.95. The summed E-state index contributed by atoms with van der Waals surface area (Å²) in [5.74, 6) is 2.46. The highest BCUT2D eigenvalue weighted by molar-refractivity contribution is 8.00. The zero-order valence-electron chi connectivity index (χ0n) is 7.32. The van der Waals surface area contributed by atoms with E-state index in [4.69, 9.17) is 6.42 Å². The second-order valence-electron chi connectivity index (χ2n) is 2.56. The smallest absolute Gasteiger partial charge is 0.312 e. The summed E-state index contributed by atoms with van der Waals surface area (Å²) in [6.45, 7) is 2.17. The van der Waals surface area contributed by atoms with Crippen LogP contribution in [0.25, 0.3) is 0 Å². The van der Waals surface area contributed by atoms with Crippen LogP contribution in [-0.2, 0) is 0 Å². The summed E-state index contributed by atoms with van der Waals surface area (Å²) >= 11 is -0.0205. The number of thioether (sulfide) groups is 1. The lowest BCUT2D eigenvalue weighted by Gasteiger charge is -2.10. The monoisotopic (exact) mass is 211 g/mol. The second kappa shape index (κ2) is 6.17. The molecule has 0 saturated heterocycles. The minimum absolute atomic E-state index is 0.0205. The van der Waals surface area contributed by atoms with Gasteiger partial charge in [0.2, 0.25) is 0 Å². The Hall–Kier alpha value is -0.340. The normalized spacial score (nSPS) is 13.8. The first-order valence-electron chi connectivity index (χ1n) is 3.83. The van der Waals surface area contributed by atoms with E-state index in [1.807, 2.05) is 6.92 Å². The lowest BCUT2D eigenvalue weighted by atomic mass is 10.2. The number of hydrogen-bond donors (Lipinski definition) is 1. The highest BCUT2D eigenvalue weighted by Gasteiger charge is 2.27. The van der Waals surface area contributed by atoms with Gasteiger partial charge in [-0.1, -0.05) is 0 Å². The molecule has 0 rings (SSSR count). The molecule has 0 bridgehead atoms. The summed E-state index contributed by atoms with van der Waals surface area (Å²) in [5, 5.41) is 2.89. The van der Waals surface area contributed by atoms with Crippen molar-refractivity contribution in [2.45, 2.75) is 24.9 Å². The standard InChI is InChI=1S/C8H12F3NS/c1-3-4-7(2)12-5-6-13-8(9,10)11/h1,7,12H,4-6H2,2H3. The molecular formula is C8H12F3NS. The average Bonchev–Trinajstić information content (AvgIpc) is 1.97. The third-order valence-electron chi connectivity index (χ3n) is 1.28. The van der Waals surface area contributed by atoms with Crippen molar-refractivity contribution in [3.63, 3.8) is 0 Å². The van der Waals surface area contributed by atoms with Crippen molar-refractivity contribution in [3.05, 3.63) is 0 Å². The molecule has 0 aromatic carbocycles. The summed E-state index contributed by atoms with van der Waals surface area (Å²) in [7, 11) is 0. The van der Waals surface area contributed by atoms with E-state index < -0.39 is 5.51 Å². The van der Waals surface area contributed by atoms with Gasteiger partial charge in [0.25, 0.3) is 0 Å². The van der Waals surface area contributed by atoms with Gasteiger partial charge in [-0.15, -0.1) is 12.3 Å². The van der Waals surface area contributed by atoms with E-state index in [2.05, 4.69) is 11.2 Å². The van der Waals surface area contributed by atoms with Crippen molar-refractivity contribution in [2.24, 2.45) is 0 Å². The first-order valence-corrected chi connectivity index (χ1v) is 4.82. The molecule has 76 valence electrons. The third-order valence-corrected chi connectivity index (χ3v) is 2.02. The molecule has 13 heavy (non-hydrogen) atoms. The number of nitrogens with one attached hydrogen (secondary N) is 1. The molecule has 0 aromatic heterocycles. The van der Waals surface area contributed by atoms with Crippen LogP contribution in [0.4, 0.5) is 13.2 Å². The second-order valence-corrected chi connectivity index (χ2v) is 3.72. The Bertz CT molecular complexity index is 173. The summed E-state index contributed by atoms with van der Waals surface area (Å²) in [6, 6.07) is 0.0823. The molecule has 0 aliphatic rings. The van der Waals surface area contributed by atoms with Crippen LogP contribution >= 0.6 is 11.8 Å². The molecule has 1 unspecified atom stereocenters. The van der Waals surface area contributed by atoms with E-state index in [-0.39, 0.29) is 23.6 Å². The van der Waals surface area contributed by atoms with Crippen molar-refractivity contribution in [1.82, 2.24) is 5.32 Å². The number of alkyl halides is 3. The van der Waals surface area contributed by atoms with Crippen LogP contribution in [0, 0.1) is 12.3 Å². The van der Waals surface area contributed by atoms with Crippen LogP contribution in [0.3, 0.4) is 0 Å². The first kappa shape index (κ1) is 12.7. The van der Waals surface area contributed by atoms with E-state index in [9.17, 15) is 13.2 Å². The molecule has 5 heteroatoms. The fourth-order valence-corrected chi connectivity index (χ4v) is 1.17. The van der Waals surface area contributed by atoms with E-state index in [1.165, 1.54) is 0 Å². The molecular weight excluding hydrogens is 199 g/mol. The molecule has 0 amide bonds. The quantitative estimate of drug-likeness (QED) is 0.553. The molecule has 0 spiro atoms. The van der Waals surface area contributed by atoms with Gasteiger partial charge < -0.3 is 5.32 Å². The predicted molar refractivity (Wildman–Crippen MR) is 49.4 cm³/mol. The lowest BCUT2D eigenvalue weighted by molar-refractivity contribution is -0.0327. The van der Waals surface area contributed by atoms with Gasteiger partial charge in [-0.2, -0.15) is 13.2 Å². The topological polar surface area (TPSA) is 12.0 Å². The molecule has 0 heterocycles. The lowest BCUT2D eigenvalue weighted by Crippen LogP contribution is -2.28. The van der Waals surface area contributed by atoms with Crippen LogP contribution in [0.2, 0.25) is 0 Å². The summed E-state index contributed by atoms with van der Waals surface area (Å²) < 4.78 is 34.9. The van der Waals surface area contributed by atoms with Gasteiger partial charge in [0, 0.05) is 24.8 Å². The number of terminal acetylenes is 1. The number of hydrogen-bond acceptors (Lipinski definition) is 2. The highest BCUT2D eigenvalue weighted by atomic mass is 32.2. The van der Waals surface area contributed by atoms with Crippen molar-refractivity contribution in [2.75, 3.05) is 12.3 Å². The van der Waals surface area contributed by atoms with Gasteiger partial charge >= 0.3 is 5.51 Å². The summed E-state index contributed by atoms with van der Waals surface area (Å²) in [5.41, 5.74) is -4.13. The Morgan fingerprint density at radius 3 is 2.62 bits per heavy atom. The maximum absolute atomic E-state index is 11.6. The molecule has 1 N–H and O–H groups in total. The molecule has 0 saturated carbocycles. The third kappa shape index (κ3) is 9.57. The van der Waals surface area contributed by atoms with E-state index in [0.717, 1.165) is 0 Å². The van der Waals surface area contributed by atoms with Crippen molar-refractivity contribution in [1.29, 1.82) is 0 Å². The van der Waals surface area contributed by atoms with Crippen LogP contribution in [0.1, 0.15) is 13.3 Å². The minimum Gasteiger partial charge on any atom is -0.312 e. The molecule has 0 aliphatic heterocycles. The molecule has 1 nitrogen and oxygen atoms in total. The van der Waals surface area contributed by atoms with Crippen molar-refractivity contribution in [3.8, 4) is 12.3 Å². The van der Waals surface area contributed by atoms with Gasteiger partial charge in [0.15, 0.2) is 0 Å². The Morgan fingerprint density at radius 2 is 2.15 bits per heavy atom. The summed E-state index contributed by atoms with van der Waals surface area (Å²) in [4.78, 5) is 0. The zero-order chi connectivity index (χ0) is 10.3. The van der Waals surface area contributed by atoms with Gasteiger partial charge in [-0.3, -0.25) is 0 Å². The molecule has 0 aromatic rings.